The van der Waals surface area contributed by atoms with Crippen LogP contribution in [0.1, 0.15) is 380 Å². The highest BCUT2D eigenvalue weighted by molar-refractivity contribution is 7.47. The van der Waals surface area contributed by atoms with E-state index < -0.39 is 91.5 Å². The maximum absolute atomic E-state index is 13.0. The number of rotatable bonds is 85. The number of esters is 3. The number of hydrogen-bond donors (Lipinski definition) is 4. The van der Waals surface area contributed by atoms with Crippen molar-refractivity contribution in [3.63, 3.8) is 0 Å². The van der Waals surface area contributed by atoms with Crippen LogP contribution in [0.15, 0.2) is 146 Å². The summed E-state index contributed by atoms with van der Waals surface area (Å²) in [5, 5.41) is 20.7. The van der Waals surface area contributed by atoms with Gasteiger partial charge in [-0.25, -0.2) is 9.13 Å². The van der Waals surface area contributed by atoms with Crippen LogP contribution in [0, 0.1) is 0 Å². The van der Waals surface area contributed by atoms with E-state index in [1.54, 1.807) is 0 Å². The molecule has 0 aliphatic heterocycles. The lowest BCUT2D eigenvalue weighted by Gasteiger charge is -2.21. The van der Waals surface area contributed by atoms with Gasteiger partial charge in [-0.2, -0.15) is 0 Å². The number of aliphatic hydroxyl groups excluding tert-OH is 2. The molecule has 0 saturated carbocycles. The first-order valence-electron chi connectivity index (χ1n) is 45.1. The van der Waals surface area contributed by atoms with Crippen molar-refractivity contribution in [1.82, 2.24) is 0 Å². The molecular formula is C95H164O16P2. The van der Waals surface area contributed by atoms with E-state index >= 15 is 0 Å². The number of allylic oxidation sites excluding steroid dienone is 24. The smallest absolute Gasteiger partial charge is 0.463 e. The van der Waals surface area contributed by atoms with Gasteiger partial charge in [0.05, 0.1) is 26.4 Å². The molecule has 18 heteroatoms. The fourth-order valence-corrected chi connectivity index (χ4v) is 13.8. The Labute approximate surface area is 689 Å². The second-order valence-electron chi connectivity index (χ2n) is 30.0. The van der Waals surface area contributed by atoms with Crippen molar-refractivity contribution in [2.45, 2.75) is 399 Å². The topological polar surface area (TPSA) is 231 Å². The molecule has 0 fully saturated rings. The van der Waals surface area contributed by atoms with Crippen LogP contribution in [0.4, 0.5) is 0 Å². The number of phosphoric ester groups is 2. The first-order chi connectivity index (χ1) is 55.2. The van der Waals surface area contributed by atoms with Gasteiger partial charge in [-0.15, -0.1) is 0 Å². The van der Waals surface area contributed by atoms with Gasteiger partial charge in [-0.3, -0.25) is 32.5 Å². The Hall–Kier alpha value is -4.57. The lowest BCUT2D eigenvalue weighted by atomic mass is 10.0. The summed E-state index contributed by atoms with van der Waals surface area (Å²) in [6.07, 6.45) is 109. The van der Waals surface area contributed by atoms with E-state index in [1.807, 2.05) is 0 Å². The summed E-state index contributed by atoms with van der Waals surface area (Å²) in [6.45, 7) is 2.49. The predicted octanol–water partition coefficient (Wildman–Crippen LogP) is 27.6. The Morgan fingerprint density at radius 1 is 0.257 bits per heavy atom. The molecule has 650 valence electrons. The zero-order valence-corrected chi connectivity index (χ0v) is 73.3. The van der Waals surface area contributed by atoms with Crippen molar-refractivity contribution in [1.29, 1.82) is 0 Å². The van der Waals surface area contributed by atoms with Crippen molar-refractivity contribution in [3.8, 4) is 0 Å². The molecule has 0 radical (unpaired) electrons. The van der Waals surface area contributed by atoms with Crippen molar-refractivity contribution < 1.29 is 75.8 Å². The van der Waals surface area contributed by atoms with Crippen LogP contribution in [0.25, 0.3) is 0 Å². The summed E-state index contributed by atoms with van der Waals surface area (Å²) in [5.41, 5.74) is 0. The zero-order chi connectivity index (χ0) is 82.2. The van der Waals surface area contributed by atoms with Crippen LogP contribution < -0.4 is 0 Å². The van der Waals surface area contributed by atoms with Gasteiger partial charge in [0.2, 0.25) is 0 Å². The van der Waals surface area contributed by atoms with Crippen LogP contribution in [0.3, 0.4) is 0 Å². The van der Waals surface area contributed by atoms with Crippen LogP contribution in [-0.2, 0) is 55.8 Å². The first kappa shape index (κ1) is 108. The number of ether oxygens (including phenoxy) is 3. The van der Waals surface area contributed by atoms with E-state index in [-0.39, 0.29) is 19.3 Å². The molecule has 0 spiro atoms. The molecule has 0 aromatic rings. The molecule has 113 heavy (non-hydrogen) atoms. The average molecular weight is 1620 g/mol. The summed E-state index contributed by atoms with van der Waals surface area (Å²) < 4.78 is 61.4. The second-order valence-corrected chi connectivity index (χ2v) is 32.9. The predicted molar refractivity (Wildman–Crippen MR) is 473 cm³/mol. The molecule has 5 unspecified atom stereocenters. The van der Waals surface area contributed by atoms with Crippen LogP contribution in [-0.4, -0.2) is 95.9 Å². The van der Waals surface area contributed by atoms with Gasteiger partial charge in [0.15, 0.2) is 6.10 Å². The minimum atomic E-state index is -4.94. The molecule has 0 heterocycles. The molecule has 0 amide bonds. The van der Waals surface area contributed by atoms with Crippen LogP contribution >= 0.6 is 15.6 Å². The molecule has 0 rings (SSSR count). The Morgan fingerprint density at radius 3 is 0.752 bits per heavy atom. The highest BCUT2D eigenvalue weighted by Gasteiger charge is 2.29. The number of hydrogen-bond acceptors (Lipinski definition) is 14. The molecule has 0 aromatic carbocycles. The molecule has 4 N–H and O–H groups in total. The third-order valence-corrected chi connectivity index (χ3v) is 20.9. The van der Waals surface area contributed by atoms with Gasteiger partial charge in [0, 0.05) is 19.3 Å². The highest BCUT2D eigenvalue weighted by Crippen LogP contribution is 2.45. The standard InChI is InChI=1S/C95H164O16P2/c1-4-7-10-13-16-19-22-25-28-30-32-34-36-38-40-42-43-44-45-47-49-50-52-54-56-58-61-63-66-69-72-75-78-81-93(98)105-84-90(96)85-107-112(101,102)108-86-91(97)87-109-113(103,104)110-89-92(111-95(100)83-80-77-74-71-68-65-60-27-24-21-18-15-12-9-6-3)88-106-94(99)82-79-76-73-70-67-64-62-59-57-55-53-51-48-46-41-39-37-35-33-31-29-26-23-20-17-14-11-8-5-2/h7-8,10-11,16-17,19-20,25-29,32-35,38-41,43-44,60,90-92,96-97H,4-6,9,12-15,18,21-24,30-31,36-37,42,45-59,61-89H2,1-3H3,(H,101,102)(H,103,104)/b10-7-,11-8-,19-16-,20-17-,28-25-,29-26-,34-32-,35-33-,40-38-,41-39-,44-43-,60-27-. The van der Waals surface area contributed by atoms with E-state index in [4.69, 9.17) is 32.3 Å². The zero-order valence-electron chi connectivity index (χ0n) is 71.5. The number of carbonyl (C=O) groups excluding carboxylic acids is 3. The fraction of sp³-hybridized carbons (Fsp3) is 0.716. The van der Waals surface area contributed by atoms with E-state index in [1.165, 1.54) is 154 Å². The Balaban J connectivity index is 4.46. The summed E-state index contributed by atoms with van der Waals surface area (Å²) in [6, 6.07) is 0. The van der Waals surface area contributed by atoms with Gasteiger partial charge >= 0.3 is 33.6 Å². The van der Waals surface area contributed by atoms with Crippen molar-refractivity contribution >= 4 is 33.6 Å². The van der Waals surface area contributed by atoms with Gasteiger partial charge in [0.1, 0.15) is 25.4 Å². The summed E-state index contributed by atoms with van der Waals surface area (Å²) >= 11 is 0. The monoisotopic (exact) mass is 1620 g/mol. The Morgan fingerprint density at radius 2 is 0.469 bits per heavy atom. The Bertz CT molecular complexity index is 2630. The minimum Gasteiger partial charge on any atom is -0.463 e. The van der Waals surface area contributed by atoms with E-state index in [2.05, 4.69) is 167 Å². The van der Waals surface area contributed by atoms with Crippen LogP contribution in [0.5, 0.6) is 0 Å². The van der Waals surface area contributed by atoms with Crippen molar-refractivity contribution in [2.75, 3.05) is 39.6 Å². The number of phosphoric acid groups is 2. The molecule has 0 aliphatic rings. The fourth-order valence-electron chi connectivity index (χ4n) is 12.2. The number of aliphatic hydroxyl groups is 2. The van der Waals surface area contributed by atoms with E-state index in [0.29, 0.717) is 19.3 Å². The van der Waals surface area contributed by atoms with Gasteiger partial charge < -0.3 is 34.2 Å². The van der Waals surface area contributed by atoms with Gasteiger partial charge in [-0.1, -0.05) is 366 Å². The molecule has 0 saturated heterocycles. The molecule has 0 bridgehead atoms. The molecule has 5 atom stereocenters. The van der Waals surface area contributed by atoms with Gasteiger partial charge in [0.25, 0.3) is 0 Å². The normalized spacial score (nSPS) is 14.5. The second kappa shape index (κ2) is 86.8. The third kappa shape index (κ3) is 88.1. The molecular weight excluding hydrogens is 1460 g/mol. The Kier molecular flexibility index (Phi) is 83.3. The quantitative estimate of drug-likeness (QED) is 0.0146. The summed E-state index contributed by atoms with van der Waals surface area (Å²) in [4.78, 5) is 58.9. The number of carbonyl (C=O) groups is 3. The summed E-state index contributed by atoms with van der Waals surface area (Å²) in [7, 11) is -9.80. The lowest BCUT2D eigenvalue weighted by molar-refractivity contribution is -0.161. The van der Waals surface area contributed by atoms with Crippen molar-refractivity contribution in [3.05, 3.63) is 146 Å². The molecule has 0 aromatic heterocycles. The largest absolute Gasteiger partial charge is 0.472 e. The number of unbranched alkanes of at least 4 members (excludes halogenated alkanes) is 38. The maximum Gasteiger partial charge on any atom is 0.472 e. The summed E-state index contributed by atoms with van der Waals surface area (Å²) in [5.74, 6) is -1.57. The van der Waals surface area contributed by atoms with Crippen LogP contribution in [0.2, 0.25) is 0 Å². The minimum absolute atomic E-state index is 0.0942. The van der Waals surface area contributed by atoms with E-state index in [0.717, 1.165) is 167 Å². The van der Waals surface area contributed by atoms with Gasteiger partial charge in [-0.05, 0) is 141 Å². The SMILES string of the molecule is CC/C=C\C/C=C\C/C=C\C/C=C\C/C=C\C/C=C\CCCCCCCCCCCCCCCCC(=O)OCC(O)COP(=O)(O)OCC(O)COP(=O)(O)OCC(COC(=O)CCCCCCCCCCCCCCC/C=C\C/C=C\C/C=C\C/C=C\C/C=C\CC)OC(=O)CCCCCCC/C=C\CCCCCCCC. The van der Waals surface area contributed by atoms with Crippen molar-refractivity contribution in [2.24, 2.45) is 0 Å². The molecule has 0 aliphatic carbocycles. The average Bonchev–Trinajstić information content (AvgIpc) is 0.903. The molecule has 16 nitrogen and oxygen atoms in total. The maximum atomic E-state index is 13.0. The van der Waals surface area contributed by atoms with E-state index in [9.17, 15) is 43.5 Å². The first-order valence-corrected chi connectivity index (χ1v) is 48.1. The third-order valence-electron chi connectivity index (χ3n) is 19.0. The lowest BCUT2D eigenvalue weighted by Crippen LogP contribution is -2.30. The highest BCUT2D eigenvalue weighted by atomic mass is 31.2.